The Kier molecular flexibility index (Phi) is 1.83. The van der Waals surface area contributed by atoms with Crippen LogP contribution in [-0.2, 0) is 7.05 Å². The van der Waals surface area contributed by atoms with Crippen LogP contribution in [0.3, 0.4) is 0 Å². The molecule has 0 saturated heterocycles. The largest absolute Gasteiger partial charge is 0.212 e. The van der Waals surface area contributed by atoms with Gasteiger partial charge in [-0.25, -0.2) is 4.57 Å². The summed E-state index contributed by atoms with van der Waals surface area (Å²) in [5.74, 6) is 0. The number of aryl methyl sites for hydroxylation is 5. The van der Waals surface area contributed by atoms with Crippen LogP contribution in [0.4, 0.5) is 0 Å². The molecule has 0 bridgehead atoms. The Bertz CT molecular complexity index is 1280. The summed E-state index contributed by atoms with van der Waals surface area (Å²) in [5, 5.41) is 0. The van der Waals surface area contributed by atoms with Gasteiger partial charge < -0.3 is 0 Å². The van der Waals surface area contributed by atoms with Gasteiger partial charge in [0.05, 0.1) is 6.85 Å². The summed E-state index contributed by atoms with van der Waals surface area (Å²) < 4.78 is 89.0. The molecule has 0 aliphatic rings. The number of nitrogens with zero attached hydrogens (tertiary/aromatic N) is 1. The van der Waals surface area contributed by atoms with Crippen LogP contribution in [0, 0.1) is 27.6 Å². The monoisotopic (exact) mass is 313 g/mol. The van der Waals surface area contributed by atoms with Crippen LogP contribution in [0.2, 0.25) is 0 Å². The average molecular weight is 314 g/mol. The van der Waals surface area contributed by atoms with E-state index >= 15 is 0 Å². The Labute approximate surface area is 154 Å². The van der Waals surface area contributed by atoms with E-state index in [0.717, 1.165) is 5.56 Å². The number of hydrogen-bond donors (Lipinski definition) is 0. The van der Waals surface area contributed by atoms with Gasteiger partial charge in [0.1, 0.15) is 7.05 Å². The molecule has 2 aromatic carbocycles. The third kappa shape index (κ3) is 2.92. The molecule has 0 saturated carbocycles. The Balaban J connectivity index is 2.39. The van der Waals surface area contributed by atoms with Gasteiger partial charge in [-0.1, -0.05) is 36.3 Å². The van der Waals surface area contributed by atoms with Crippen LogP contribution < -0.4 is 4.57 Å². The summed E-state index contributed by atoms with van der Waals surface area (Å²) in [6.07, 6.45) is 1.29. The molecule has 0 N–H and O–H groups in total. The summed E-state index contributed by atoms with van der Waals surface area (Å²) >= 11 is 0. The standard InChI is InChI=1S/C22H24N/c1-15-12-22(23(5)14-18(15)4)21-13-20(16(2)11-17(21)3)19-9-7-6-8-10-19/h6-14H,1-5H3/q+1/i1D3,4D3,6D,7D,8D,9D,10D. The summed E-state index contributed by atoms with van der Waals surface area (Å²) in [7, 11) is 1.61. The van der Waals surface area contributed by atoms with Crippen LogP contribution in [0.25, 0.3) is 22.4 Å². The molecular weight excluding hydrogens is 278 g/mol. The highest BCUT2D eigenvalue weighted by molar-refractivity contribution is 5.75. The second kappa shape index (κ2) is 6.00. The van der Waals surface area contributed by atoms with Crippen molar-refractivity contribution >= 4 is 0 Å². The van der Waals surface area contributed by atoms with Crippen LogP contribution in [-0.4, -0.2) is 0 Å². The zero-order chi connectivity index (χ0) is 25.9. The zero-order valence-corrected chi connectivity index (χ0v) is 13.3. The number of benzene rings is 2. The normalized spacial score (nSPS) is 18.8. The molecular formula is C22H24N+. The smallest absolute Gasteiger partial charge is 0.201 e. The summed E-state index contributed by atoms with van der Waals surface area (Å²) in [6, 6.07) is 2.72. The van der Waals surface area contributed by atoms with Gasteiger partial charge in [-0.2, -0.15) is 0 Å². The minimum atomic E-state index is -2.67. The van der Waals surface area contributed by atoms with Gasteiger partial charge in [0.25, 0.3) is 0 Å². The first-order chi connectivity index (χ1) is 15.5. The molecule has 1 aromatic heterocycles. The molecule has 0 unspecified atom stereocenters. The minimum absolute atomic E-state index is 0.0440. The second-order valence-corrected chi connectivity index (χ2v) is 5.58. The molecule has 23 heavy (non-hydrogen) atoms. The van der Waals surface area contributed by atoms with Gasteiger partial charge in [0, 0.05) is 25.4 Å². The molecule has 1 nitrogen and oxygen atoms in total. The van der Waals surface area contributed by atoms with Gasteiger partial charge in [-0.3, -0.25) is 0 Å². The fourth-order valence-electron chi connectivity index (χ4n) is 2.70. The van der Waals surface area contributed by atoms with Crippen molar-refractivity contribution < 1.29 is 19.6 Å². The van der Waals surface area contributed by atoms with Crippen LogP contribution in [0.5, 0.6) is 0 Å². The minimum Gasteiger partial charge on any atom is -0.201 e. The predicted molar refractivity (Wildman–Crippen MR) is 97.4 cm³/mol. The number of hydrogen-bond acceptors (Lipinski definition) is 0. The van der Waals surface area contributed by atoms with Crippen molar-refractivity contribution in [2.75, 3.05) is 0 Å². The quantitative estimate of drug-likeness (QED) is 0.581. The van der Waals surface area contributed by atoms with Crippen molar-refractivity contribution in [2.24, 2.45) is 7.05 Å². The lowest BCUT2D eigenvalue weighted by atomic mass is 9.93. The summed E-state index contributed by atoms with van der Waals surface area (Å²) in [4.78, 5) is 0. The van der Waals surface area contributed by atoms with Gasteiger partial charge in [0.15, 0.2) is 6.20 Å². The topological polar surface area (TPSA) is 3.88 Å². The van der Waals surface area contributed by atoms with Crippen molar-refractivity contribution in [3.63, 3.8) is 0 Å². The molecule has 3 aromatic rings. The van der Waals surface area contributed by atoms with E-state index in [1.807, 2.05) is 0 Å². The lowest BCUT2D eigenvalue weighted by Gasteiger charge is -2.12. The molecule has 0 radical (unpaired) electrons. The van der Waals surface area contributed by atoms with E-state index in [1.54, 1.807) is 33.0 Å². The van der Waals surface area contributed by atoms with E-state index in [2.05, 4.69) is 0 Å². The SMILES string of the molecule is [2H]c1c([2H])c([2H])c(-c2cc(-c3cc(C([2H])([2H])[2H])c(C([2H])([2H])[2H])c[n+]3C)c(C)cc2C)c([2H])c1[2H]. The van der Waals surface area contributed by atoms with Crippen LogP contribution >= 0.6 is 0 Å². The zero-order valence-electron chi connectivity index (χ0n) is 24.3. The van der Waals surface area contributed by atoms with Crippen LogP contribution in [0.1, 0.15) is 37.3 Å². The second-order valence-electron chi connectivity index (χ2n) is 5.58. The third-order valence-corrected chi connectivity index (χ3v) is 3.89. The molecule has 0 atom stereocenters. The Morgan fingerprint density at radius 2 is 1.52 bits per heavy atom. The Morgan fingerprint density at radius 3 is 2.22 bits per heavy atom. The first-order valence-electron chi connectivity index (χ1n) is 12.7. The van der Waals surface area contributed by atoms with Gasteiger partial charge in [-0.15, -0.1) is 0 Å². The molecule has 0 spiro atoms. The van der Waals surface area contributed by atoms with Gasteiger partial charge >= 0.3 is 0 Å². The maximum atomic E-state index is 8.34. The van der Waals surface area contributed by atoms with E-state index in [1.165, 1.54) is 16.8 Å². The maximum Gasteiger partial charge on any atom is 0.212 e. The van der Waals surface area contributed by atoms with Gasteiger partial charge in [0.2, 0.25) is 5.69 Å². The molecule has 116 valence electrons. The summed E-state index contributed by atoms with van der Waals surface area (Å²) in [5.41, 5.74) is 2.30. The number of aromatic nitrogens is 1. The molecule has 3 rings (SSSR count). The molecule has 0 amide bonds. The van der Waals surface area contributed by atoms with Gasteiger partial charge in [-0.05, 0) is 61.4 Å². The molecule has 0 aliphatic heterocycles. The third-order valence-electron chi connectivity index (χ3n) is 3.89. The molecule has 1 heteroatoms. The van der Waals surface area contributed by atoms with E-state index in [4.69, 9.17) is 15.1 Å². The highest BCUT2D eigenvalue weighted by atomic mass is 14.9. The molecule has 0 aliphatic carbocycles. The fourth-order valence-corrected chi connectivity index (χ4v) is 2.70. The number of pyridine rings is 1. The maximum absolute atomic E-state index is 8.34. The first-order valence-corrected chi connectivity index (χ1v) is 7.20. The summed E-state index contributed by atoms with van der Waals surface area (Å²) in [6.45, 7) is -1.72. The average Bonchev–Trinajstić information content (AvgIpc) is 2.71. The van der Waals surface area contributed by atoms with Crippen molar-refractivity contribution in [1.29, 1.82) is 0 Å². The predicted octanol–water partition coefficient (Wildman–Crippen LogP) is 5.08. The lowest BCUT2D eigenvalue weighted by molar-refractivity contribution is -0.660. The Hall–Kier alpha value is -2.41. The van der Waals surface area contributed by atoms with Crippen molar-refractivity contribution in [3.8, 4) is 22.4 Å². The first kappa shape index (κ1) is 7.00. The van der Waals surface area contributed by atoms with Crippen molar-refractivity contribution in [2.45, 2.75) is 27.6 Å². The highest BCUT2D eigenvalue weighted by Gasteiger charge is 2.16. The lowest BCUT2D eigenvalue weighted by Crippen LogP contribution is -2.31. The highest BCUT2D eigenvalue weighted by Crippen LogP contribution is 2.31. The van der Waals surface area contributed by atoms with E-state index < -0.39 is 31.8 Å². The molecule has 1 heterocycles. The fraction of sp³-hybridized carbons (Fsp3) is 0.227. The van der Waals surface area contributed by atoms with Crippen LogP contribution in [0.15, 0.2) is 54.6 Å². The van der Waals surface area contributed by atoms with E-state index in [9.17, 15) is 0 Å². The molecule has 0 fully saturated rings. The van der Waals surface area contributed by atoms with E-state index in [0.29, 0.717) is 22.4 Å². The Morgan fingerprint density at radius 1 is 0.826 bits per heavy atom. The van der Waals surface area contributed by atoms with Crippen molar-refractivity contribution in [3.05, 3.63) is 76.9 Å². The van der Waals surface area contributed by atoms with E-state index in [-0.39, 0.29) is 28.8 Å². The van der Waals surface area contributed by atoms with Crippen molar-refractivity contribution in [1.82, 2.24) is 0 Å². The number of rotatable bonds is 2.